The lowest BCUT2D eigenvalue weighted by Crippen LogP contribution is -2.10. The first-order valence-corrected chi connectivity index (χ1v) is 10.4. The molecule has 0 atom stereocenters. The maximum Gasteiger partial charge on any atom is 0.259 e. The van der Waals surface area contributed by atoms with Gasteiger partial charge in [0.2, 0.25) is 0 Å². The zero-order valence-corrected chi connectivity index (χ0v) is 18.0. The van der Waals surface area contributed by atoms with Crippen molar-refractivity contribution in [1.29, 1.82) is 0 Å². The number of pyridine rings is 3. The third-order valence-electron chi connectivity index (χ3n) is 5.29. The molecule has 0 aliphatic carbocycles. The summed E-state index contributed by atoms with van der Waals surface area (Å²) >= 11 is 6.19. The van der Waals surface area contributed by atoms with Crippen molar-refractivity contribution < 1.29 is 8.85 Å². The molecule has 7 nitrogen and oxygen atoms in total. The molecule has 0 saturated carbocycles. The maximum atomic E-state index is 13.0. The van der Waals surface area contributed by atoms with Crippen molar-refractivity contribution in [2.75, 3.05) is 7.04 Å². The van der Waals surface area contributed by atoms with Crippen molar-refractivity contribution in [2.24, 2.45) is 0 Å². The summed E-state index contributed by atoms with van der Waals surface area (Å²) < 4.78 is 27.7. The number of fused-ring (bicyclic) bond motifs is 2. The van der Waals surface area contributed by atoms with E-state index in [1.54, 1.807) is 48.7 Å². The molecule has 0 amide bonds. The van der Waals surface area contributed by atoms with E-state index < -0.39 is 7.04 Å². The molecule has 0 aliphatic rings. The molecule has 0 bridgehead atoms. The predicted octanol–water partition coefficient (Wildman–Crippen LogP) is 5.31. The van der Waals surface area contributed by atoms with Crippen molar-refractivity contribution in [3.8, 4) is 28.4 Å². The van der Waals surface area contributed by atoms with E-state index in [1.807, 2.05) is 13.8 Å². The van der Waals surface area contributed by atoms with Crippen LogP contribution in [0.1, 0.15) is 29.6 Å². The number of halogens is 1. The third kappa shape index (κ3) is 3.31. The molecule has 4 heterocycles. The standard InChI is InChI=1S/C24H20ClN5O2/c1-12(2)20-22-17(11-19(25)29-20)27-23(30-22)15-10-14-16(28-24(15)31)8-9-26-21(14)13-6-4-5-7-18(13)32-3/h4-12H,1-3H3,(H,27,30)(H,28,31)/i3D3. The Morgan fingerprint density at radius 3 is 2.72 bits per heavy atom. The van der Waals surface area contributed by atoms with Gasteiger partial charge in [-0.3, -0.25) is 9.78 Å². The Balaban J connectivity index is 1.73. The van der Waals surface area contributed by atoms with Crippen LogP contribution in [0.2, 0.25) is 5.15 Å². The second-order valence-corrected chi connectivity index (χ2v) is 8.08. The van der Waals surface area contributed by atoms with Crippen LogP contribution in [0.25, 0.3) is 44.6 Å². The van der Waals surface area contributed by atoms with Gasteiger partial charge in [-0.15, -0.1) is 0 Å². The summed E-state index contributed by atoms with van der Waals surface area (Å²) in [6, 6.07) is 11.8. The SMILES string of the molecule is [2H]C([2H])([2H])Oc1ccccc1-c1nccc2[nH]c(=O)c(-c3nc4c(C(C)C)nc(Cl)cc4[nH]3)cc12. The lowest BCUT2D eigenvalue weighted by Gasteiger charge is -2.10. The second-order valence-electron chi connectivity index (χ2n) is 7.70. The molecule has 5 aromatic rings. The fourth-order valence-corrected chi connectivity index (χ4v) is 4.01. The molecule has 0 saturated heterocycles. The van der Waals surface area contributed by atoms with E-state index in [0.29, 0.717) is 49.7 Å². The van der Waals surface area contributed by atoms with E-state index in [9.17, 15) is 4.79 Å². The van der Waals surface area contributed by atoms with Crippen molar-refractivity contribution >= 4 is 33.5 Å². The van der Waals surface area contributed by atoms with Gasteiger partial charge < -0.3 is 14.7 Å². The van der Waals surface area contributed by atoms with Crippen LogP contribution in [-0.2, 0) is 0 Å². The number of aromatic nitrogens is 5. The van der Waals surface area contributed by atoms with E-state index in [2.05, 4.69) is 24.9 Å². The number of ether oxygens (including phenoxy) is 1. The number of imidazole rings is 1. The maximum absolute atomic E-state index is 13.0. The molecule has 0 fully saturated rings. The first-order chi connectivity index (χ1) is 16.6. The number of rotatable bonds is 4. The van der Waals surface area contributed by atoms with E-state index >= 15 is 0 Å². The predicted molar refractivity (Wildman–Crippen MR) is 126 cm³/mol. The van der Waals surface area contributed by atoms with Crippen LogP contribution in [0, 0.1) is 0 Å². The van der Waals surface area contributed by atoms with Gasteiger partial charge in [-0.2, -0.15) is 0 Å². The highest BCUT2D eigenvalue weighted by Gasteiger charge is 2.18. The van der Waals surface area contributed by atoms with Crippen molar-refractivity contribution in [1.82, 2.24) is 24.9 Å². The molecule has 0 unspecified atom stereocenters. The molecule has 32 heavy (non-hydrogen) atoms. The zero-order valence-electron chi connectivity index (χ0n) is 20.2. The fraction of sp³-hybridized carbons (Fsp3) is 0.167. The monoisotopic (exact) mass is 448 g/mol. The number of methoxy groups -OCH3 is 1. The second kappa shape index (κ2) is 7.76. The van der Waals surface area contributed by atoms with Gasteiger partial charge in [0.25, 0.3) is 5.56 Å². The van der Waals surface area contributed by atoms with E-state index in [0.717, 1.165) is 5.69 Å². The Labute approximate surface area is 192 Å². The molecule has 1 aromatic carbocycles. The summed E-state index contributed by atoms with van der Waals surface area (Å²) in [6.07, 6.45) is 1.54. The van der Waals surface area contributed by atoms with E-state index in [-0.39, 0.29) is 17.2 Å². The normalized spacial score (nSPS) is 13.3. The Kier molecular flexibility index (Phi) is 4.10. The largest absolute Gasteiger partial charge is 0.496 e. The average molecular weight is 449 g/mol. The summed E-state index contributed by atoms with van der Waals surface area (Å²) in [5.41, 5.74) is 3.47. The number of aromatic amines is 2. The van der Waals surface area contributed by atoms with Gasteiger partial charge in [-0.05, 0) is 30.2 Å². The van der Waals surface area contributed by atoms with Crippen LogP contribution < -0.4 is 10.3 Å². The highest BCUT2D eigenvalue weighted by Crippen LogP contribution is 2.34. The molecule has 2 N–H and O–H groups in total. The molecular weight excluding hydrogens is 426 g/mol. The van der Waals surface area contributed by atoms with Crippen molar-refractivity contribution in [3.05, 3.63) is 69.9 Å². The van der Waals surface area contributed by atoms with Gasteiger partial charge in [-0.1, -0.05) is 37.6 Å². The van der Waals surface area contributed by atoms with Crippen LogP contribution in [0.5, 0.6) is 5.75 Å². The molecule has 160 valence electrons. The molecule has 4 aromatic heterocycles. The highest BCUT2D eigenvalue weighted by atomic mass is 35.5. The van der Waals surface area contributed by atoms with Gasteiger partial charge in [-0.25, -0.2) is 9.97 Å². The van der Waals surface area contributed by atoms with Crippen LogP contribution in [0.4, 0.5) is 0 Å². The van der Waals surface area contributed by atoms with Crippen LogP contribution >= 0.6 is 11.6 Å². The summed E-state index contributed by atoms with van der Waals surface area (Å²) in [5.74, 6) is 0.593. The quantitative estimate of drug-likeness (QED) is 0.363. The number of nitrogens with one attached hydrogen (secondary N) is 2. The number of hydrogen-bond donors (Lipinski definition) is 2. The smallest absolute Gasteiger partial charge is 0.259 e. The first kappa shape index (κ1) is 16.9. The Morgan fingerprint density at radius 2 is 1.91 bits per heavy atom. The van der Waals surface area contributed by atoms with Crippen LogP contribution in [0.15, 0.2) is 53.5 Å². The van der Waals surface area contributed by atoms with E-state index in [1.165, 1.54) is 0 Å². The van der Waals surface area contributed by atoms with Gasteiger partial charge in [0.05, 0.1) is 39.1 Å². The summed E-state index contributed by atoms with van der Waals surface area (Å²) in [4.78, 5) is 32.6. The molecule has 5 rings (SSSR count). The average Bonchev–Trinajstić information content (AvgIpc) is 3.20. The summed E-state index contributed by atoms with van der Waals surface area (Å²) in [7, 11) is -2.63. The molecular formula is C24H20ClN5O2. The molecule has 0 spiro atoms. The third-order valence-corrected chi connectivity index (χ3v) is 5.48. The molecule has 0 aliphatic heterocycles. The molecule has 0 radical (unpaired) electrons. The minimum atomic E-state index is -2.63. The topological polar surface area (TPSA) is 96.6 Å². The minimum absolute atomic E-state index is 0.0766. The minimum Gasteiger partial charge on any atom is -0.496 e. The Bertz CT molecular complexity index is 1640. The number of benzene rings is 1. The number of para-hydroxylation sites is 1. The number of hydrogen-bond acceptors (Lipinski definition) is 5. The van der Waals surface area contributed by atoms with Crippen LogP contribution in [-0.4, -0.2) is 32.0 Å². The summed E-state index contributed by atoms with van der Waals surface area (Å²) in [6.45, 7) is 3.98. The van der Waals surface area contributed by atoms with Crippen molar-refractivity contribution in [3.63, 3.8) is 0 Å². The first-order valence-electron chi connectivity index (χ1n) is 11.5. The highest BCUT2D eigenvalue weighted by molar-refractivity contribution is 6.30. The zero-order chi connectivity index (χ0) is 24.9. The number of nitrogens with zero attached hydrogens (tertiary/aromatic N) is 3. The lowest BCUT2D eigenvalue weighted by molar-refractivity contribution is 0.416. The van der Waals surface area contributed by atoms with Gasteiger partial charge in [0, 0.05) is 23.2 Å². The van der Waals surface area contributed by atoms with Gasteiger partial charge >= 0.3 is 0 Å². The Morgan fingerprint density at radius 1 is 1.06 bits per heavy atom. The lowest BCUT2D eigenvalue weighted by atomic mass is 10.0. The van der Waals surface area contributed by atoms with E-state index in [4.69, 9.17) is 20.5 Å². The number of H-pyrrole nitrogens is 2. The fourth-order valence-electron chi connectivity index (χ4n) is 3.81. The van der Waals surface area contributed by atoms with Gasteiger partial charge in [0.1, 0.15) is 22.2 Å². The van der Waals surface area contributed by atoms with Crippen LogP contribution in [0.3, 0.4) is 0 Å². The summed E-state index contributed by atoms with van der Waals surface area (Å²) in [5, 5.41) is 0.936. The molecule has 8 heteroatoms. The Hall–Kier alpha value is -3.71. The van der Waals surface area contributed by atoms with Gasteiger partial charge in [0.15, 0.2) is 0 Å². The van der Waals surface area contributed by atoms with Crippen molar-refractivity contribution in [2.45, 2.75) is 19.8 Å².